The Morgan fingerprint density at radius 2 is 1.74 bits per heavy atom. The van der Waals surface area contributed by atoms with Gasteiger partial charge in [-0.1, -0.05) is 6.07 Å². The standard InChI is InChI=1S/C19H20N2O5S/c22-19(21-15-6-8-17-18(10-15)26-12-25-17)11-20-27(23,24)16-7-5-13-3-1-2-4-14(13)9-16/h5-10,20H,1-4,11-12H2,(H,21,22). The van der Waals surface area contributed by atoms with Crippen LogP contribution in [-0.4, -0.2) is 27.7 Å². The van der Waals surface area contributed by atoms with Gasteiger partial charge in [0.1, 0.15) is 0 Å². The third-order valence-electron chi connectivity index (χ3n) is 4.71. The van der Waals surface area contributed by atoms with Gasteiger partial charge in [0, 0.05) is 11.8 Å². The van der Waals surface area contributed by atoms with Crippen molar-refractivity contribution < 1.29 is 22.7 Å². The minimum Gasteiger partial charge on any atom is -0.454 e. The molecule has 4 rings (SSSR count). The van der Waals surface area contributed by atoms with Gasteiger partial charge in [-0.2, -0.15) is 0 Å². The molecule has 1 amide bonds. The molecule has 27 heavy (non-hydrogen) atoms. The summed E-state index contributed by atoms with van der Waals surface area (Å²) in [5, 5.41) is 2.64. The van der Waals surface area contributed by atoms with Crippen molar-refractivity contribution in [3.8, 4) is 11.5 Å². The van der Waals surface area contributed by atoms with Crippen LogP contribution in [0.4, 0.5) is 5.69 Å². The van der Waals surface area contributed by atoms with Gasteiger partial charge in [-0.15, -0.1) is 0 Å². The van der Waals surface area contributed by atoms with Crippen molar-refractivity contribution in [2.45, 2.75) is 30.6 Å². The Hall–Kier alpha value is -2.58. The van der Waals surface area contributed by atoms with Crippen LogP contribution in [0.25, 0.3) is 0 Å². The molecular formula is C19H20N2O5S. The number of carbonyl (C=O) groups excluding carboxylic acids is 1. The summed E-state index contributed by atoms with van der Waals surface area (Å²) in [6.07, 6.45) is 4.09. The van der Waals surface area contributed by atoms with E-state index < -0.39 is 15.9 Å². The van der Waals surface area contributed by atoms with E-state index in [0.29, 0.717) is 17.2 Å². The third-order valence-corrected chi connectivity index (χ3v) is 6.11. The third kappa shape index (κ3) is 3.91. The number of hydrogen-bond acceptors (Lipinski definition) is 5. The number of amides is 1. The summed E-state index contributed by atoms with van der Waals surface area (Å²) in [5.74, 6) is 0.693. The molecule has 2 aliphatic rings. The summed E-state index contributed by atoms with van der Waals surface area (Å²) >= 11 is 0. The zero-order chi connectivity index (χ0) is 18.9. The normalized spacial score (nSPS) is 15.3. The van der Waals surface area contributed by atoms with Crippen LogP contribution in [0, 0.1) is 0 Å². The van der Waals surface area contributed by atoms with Gasteiger partial charge in [-0.3, -0.25) is 4.79 Å². The fourth-order valence-corrected chi connectivity index (χ4v) is 4.33. The van der Waals surface area contributed by atoms with Crippen molar-refractivity contribution >= 4 is 21.6 Å². The first-order valence-corrected chi connectivity index (χ1v) is 10.3. The first-order chi connectivity index (χ1) is 13.0. The molecule has 8 heteroatoms. The van der Waals surface area contributed by atoms with Crippen molar-refractivity contribution in [2.24, 2.45) is 0 Å². The number of hydrogen-bond donors (Lipinski definition) is 2. The molecule has 0 radical (unpaired) electrons. The fourth-order valence-electron chi connectivity index (χ4n) is 3.30. The SMILES string of the molecule is O=C(CNS(=O)(=O)c1ccc2c(c1)CCCC2)Nc1ccc2c(c1)OCO2. The molecule has 0 saturated carbocycles. The second-order valence-corrected chi connectivity index (χ2v) is 8.35. The number of fused-ring (bicyclic) bond motifs is 2. The predicted molar refractivity (Wildman–Crippen MR) is 99.5 cm³/mol. The first-order valence-electron chi connectivity index (χ1n) is 8.82. The number of anilines is 1. The van der Waals surface area contributed by atoms with E-state index in [1.54, 1.807) is 30.3 Å². The molecule has 2 aromatic rings. The molecule has 0 spiro atoms. The second kappa shape index (κ2) is 7.21. The lowest BCUT2D eigenvalue weighted by Gasteiger charge is -2.16. The van der Waals surface area contributed by atoms with Gasteiger partial charge in [-0.25, -0.2) is 13.1 Å². The molecule has 1 aliphatic carbocycles. The molecule has 0 aromatic heterocycles. The average molecular weight is 388 g/mol. The molecule has 1 aliphatic heterocycles. The van der Waals surface area contributed by atoms with Gasteiger partial charge < -0.3 is 14.8 Å². The quantitative estimate of drug-likeness (QED) is 0.819. The lowest BCUT2D eigenvalue weighted by atomic mass is 9.92. The van der Waals surface area contributed by atoms with E-state index in [0.717, 1.165) is 31.2 Å². The smallest absolute Gasteiger partial charge is 0.241 e. The van der Waals surface area contributed by atoms with Gasteiger partial charge in [-0.05, 0) is 61.1 Å². The number of carbonyl (C=O) groups is 1. The predicted octanol–water partition coefficient (Wildman–Crippen LogP) is 2.21. The zero-order valence-corrected chi connectivity index (χ0v) is 15.5. The van der Waals surface area contributed by atoms with Crippen molar-refractivity contribution in [1.82, 2.24) is 4.72 Å². The number of rotatable bonds is 5. The highest BCUT2D eigenvalue weighted by molar-refractivity contribution is 7.89. The van der Waals surface area contributed by atoms with E-state index >= 15 is 0 Å². The summed E-state index contributed by atoms with van der Waals surface area (Å²) in [7, 11) is -3.75. The molecule has 0 atom stereocenters. The molecule has 0 bridgehead atoms. The molecule has 0 fully saturated rings. The van der Waals surface area contributed by atoms with E-state index in [4.69, 9.17) is 9.47 Å². The maximum absolute atomic E-state index is 12.5. The summed E-state index contributed by atoms with van der Waals surface area (Å²) in [5.41, 5.74) is 2.80. The molecule has 0 unspecified atom stereocenters. The monoisotopic (exact) mass is 388 g/mol. The lowest BCUT2D eigenvalue weighted by Crippen LogP contribution is -2.33. The van der Waals surface area contributed by atoms with Crippen LogP contribution in [0.3, 0.4) is 0 Å². The number of aryl methyl sites for hydroxylation is 2. The highest BCUT2D eigenvalue weighted by Crippen LogP contribution is 2.34. The van der Waals surface area contributed by atoms with Gasteiger partial charge in [0.2, 0.25) is 22.7 Å². The maximum atomic E-state index is 12.5. The highest BCUT2D eigenvalue weighted by atomic mass is 32.2. The minimum absolute atomic E-state index is 0.146. The Balaban J connectivity index is 1.39. The minimum atomic E-state index is -3.75. The number of ether oxygens (including phenoxy) is 2. The molecular weight excluding hydrogens is 368 g/mol. The summed E-state index contributed by atoms with van der Waals surface area (Å²) in [6, 6.07) is 10.2. The summed E-state index contributed by atoms with van der Waals surface area (Å²) in [6.45, 7) is -0.207. The number of benzene rings is 2. The lowest BCUT2D eigenvalue weighted by molar-refractivity contribution is -0.115. The molecule has 7 nitrogen and oxygen atoms in total. The van der Waals surface area contributed by atoms with Gasteiger partial charge in [0.15, 0.2) is 11.5 Å². The van der Waals surface area contributed by atoms with E-state index in [1.807, 2.05) is 6.07 Å². The highest BCUT2D eigenvalue weighted by Gasteiger charge is 2.19. The van der Waals surface area contributed by atoms with E-state index in [2.05, 4.69) is 10.0 Å². The van der Waals surface area contributed by atoms with Crippen LogP contribution in [0.5, 0.6) is 11.5 Å². The molecule has 142 valence electrons. The molecule has 2 aromatic carbocycles. The van der Waals surface area contributed by atoms with Crippen LogP contribution in [0.1, 0.15) is 24.0 Å². The van der Waals surface area contributed by atoms with Gasteiger partial charge in [0.25, 0.3) is 0 Å². The first kappa shape index (κ1) is 17.8. The Kier molecular flexibility index (Phi) is 4.75. The van der Waals surface area contributed by atoms with Crippen LogP contribution in [0.2, 0.25) is 0 Å². The van der Waals surface area contributed by atoms with E-state index in [1.165, 1.54) is 5.56 Å². The Morgan fingerprint density at radius 1 is 0.963 bits per heavy atom. The average Bonchev–Trinajstić information content (AvgIpc) is 3.14. The topological polar surface area (TPSA) is 93.7 Å². The zero-order valence-electron chi connectivity index (χ0n) is 14.7. The molecule has 2 N–H and O–H groups in total. The van der Waals surface area contributed by atoms with Crippen LogP contribution < -0.4 is 19.5 Å². The van der Waals surface area contributed by atoms with Crippen LogP contribution in [-0.2, 0) is 27.7 Å². The van der Waals surface area contributed by atoms with Gasteiger partial charge in [0.05, 0.1) is 11.4 Å². The Bertz CT molecular complexity index is 988. The Morgan fingerprint density at radius 3 is 2.59 bits per heavy atom. The summed E-state index contributed by atoms with van der Waals surface area (Å²) < 4.78 is 37.8. The van der Waals surface area contributed by atoms with Crippen molar-refractivity contribution in [3.63, 3.8) is 0 Å². The molecule has 1 heterocycles. The number of nitrogens with one attached hydrogen (secondary N) is 2. The van der Waals surface area contributed by atoms with E-state index in [-0.39, 0.29) is 18.2 Å². The van der Waals surface area contributed by atoms with E-state index in [9.17, 15) is 13.2 Å². The largest absolute Gasteiger partial charge is 0.454 e. The maximum Gasteiger partial charge on any atom is 0.241 e. The fraction of sp³-hybridized carbons (Fsp3) is 0.316. The van der Waals surface area contributed by atoms with Crippen molar-refractivity contribution in [3.05, 3.63) is 47.5 Å². The van der Waals surface area contributed by atoms with Gasteiger partial charge >= 0.3 is 0 Å². The van der Waals surface area contributed by atoms with Crippen LogP contribution in [0.15, 0.2) is 41.3 Å². The van der Waals surface area contributed by atoms with Crippen LogP contribution >= 0.6 is 0 Å². The Labute approximate surface area is 157 Å². The second-order valence-electron chi connectivity index (χ2n) is 6.58. The number of sulfonamides is 1. The molecule has 0 saturated heterocycles. The van der Waals surface area contributed by atoms with Crippen molar-refractivity contribution in [1.29, 1.82) is 0 Å². The summed E-state index contributed by atoms with van der Waals surface area (Å²) in [4.78, 5) is 12.3. The van der Waals surface area contributed by atoms with Crippen molar-refractivity contribution in [2.75, 3.05) is 18.7 Å².